The minimum atomic E-state index is 0.552. The van der Waals surface area contributed by atoms with Crippen molar-refractivity contribution in [3.8, 4) is 0 Å². The number of hydrogen-bond donors (Lipinski definition) is 1. The van der Waals surface area contributed by atoms with Crippen LogP contribution in [-0.4, -0.2) is 13.1 Å². The Kier molecular flexibility index (Phi) is 2.35. The summed E-state index contributed by atoms with van der Waals surface area (Å²) in [6.07, 6.45) is 2.91. The molecule has 0 aromatic rings. The van der Waals surface area contributed by atoms with Crippen molar-refractivity contribution in [1.29, 1.82) is 0 Å². The van der Waals surface area contributed by atoms with Crippen LogP contribution in [0.25, 0.3) is 0 Å². The van der Waals surface area contributed by atoms with Gasteiger partial charge in [-0.25, -0.2) is 0 Å². The molecule has 1 aliphatic carbocycles. The number of hydrogen-bond acceptors (Lipinski definition) is 1. The van der Waals surface area contributed by atoms with Gasteiger partial charge in [-0.3, -0.25) is 0 Å². The predicted molar refractivity (Wildman–Crippen MR) is 45.0 cm³/mol. The first-order valence-corrected chi connectivity index (χ1v) is 4.37. The lowest BCUT2D eigenvalue weighted by molar-refractivity contribution is 0.294. The lowest BCUT2D eigenvalue weighted by atomic mass is 9.87. The van der Waals surface area contributed by atoms with Crippen molar-refractivity contribution in [2.24, 2.45) is 11.3 Å². The molecule has 0 radical (unpaired) electrons. The highest BCUT2D eigenvalue weighted by Crippen LogP contribution is 2.44. The maximum absolute atomic E-state index is 3.41. The number of rotatable bonds is 4. The summed E-state index contributed by atoms with van der Waals surface area (Å²) in [6, 6.07) is 0. The maximum Gasteiger partial charge on any atom is 0.000505 e. The lowest BCUT2D eigenvalue weighted by Gasteiger charge is -2.24. The van der Waals surface area contributed by atoms with Gasteiger partial charge in [-0.15, -0.1) is 0 Å². The molecular weight excluding hydrogens is 122 g/mol. The zero-order valence-electron chi connectivity index (χ0n) is 7.41. The predicted octanol–water partition coefficient (Wildman–Crippen LogP) is 2.03. The van der Waals surface area contributed by atoms with Crippen LogP contribution in [0, 0.1) is 11.3 Å². The molecule has 60 valence electrons. The molecule has 10 heavy (non-hydrogen) atoms. The summed E-state index contributed by atoms with van der Waals surface area (Å²) in [4.78, 5) is 0. The van der Waals surface area contributed by atoms with Gasteiger partial charge in [-0.1, -0.05) is 20.8 Å². The van der Waals surface area contributed by atoms with Gasteiger partial charge in [0.1, 0.15) is 0 Å². The van der Waals surface area contributed by atoms with Crippen LogP contribution in [0.4, 0.5) is 0 Å². The van der Waals surface area contributed by atoms with Crippen LogP contribution in [0.5, 0.6) is 0 Å². The first kappa shape index (κ1) is 8.06. The molecule has 0 amide bonds. The smallest absolute Gasteiger partial charge is 0.000505 e. The van der Waals surface area contributed by atoms with E-state index in [2.05, 4.69) is 26.1 Å². The Bertz CT molecular complexity index is 103. The molecule has 0 atom stereocenters. The SMILES string of the molecule is CCNCC(C)(C)C1CC1. The monoisotopic (exact) mass is 141 g/mol. The van der Waals surface area contributed by atoms with Crippen LogP contribution < -0.4 is 5.32 Å². The summed E-state index contributed by atoms with van der Waals surface area (Å²) in [5.41, 5.74) is 0.552. The largest absolute Gasteiger partial charge is 0.316 e. The maximum atomic E-state index is 3.41. The van der Waals surface area contributed by atoms with Gasteiger partial charge >= 0.3 is 0 Å². The summed E-state index contributed by atoms with van der Waals surface area (Å²) in [5.74, 6) is 1.01. The Morgan fingerprint density at radius 2 is 2.00 bits per heavy atom. The minimum Gasteiger partial charge on any atom is -0.316 e. The fraction of sp³-hybridized carbons (Fsp3) is 1.00. The first-order valence-electron chi connectivity index (χ1n) is 4.37. The van der Waals surface area contributed by atoms with Crippen LogP contribution >= 0.6 is 0 Å². The summed E-state index contributed by atoms with van der Waals surface area (Å²) in [6.45, 7) is 9.20. The molecule has 1 N–H and O–H groups in total. The quantitative estimate of drug-likeness (QED) is 0.631. The topological polar surface area (TPSA) is 12.0 Å². The third kappa shape index (κ3) is 1.98. The summed E-state index contributed by atoms with van der Waals surface area (Å²) >= 11 is 0. The van der Waals surface area contributed by atoms with Gasteiger partial charge in [0.2, 0.25) is 0 Å². The van der Waals surface area contributed by atoms with E-state index >= 15 is 0 Å². The van der Waals surface area contributed by atoms with Crippen molar-refractivity contribution in [2.75, 3.05) is 13.1 Å². The fourth-order valence-corrected chi connectivity index (χ4v) is 1.46. The zero-order chi connectivity index (χ0) is 7.61. The van der Waals surface area contributed by atoms with E-state index in [1.165, 1.54) is 19.4 Å². The van der Waals surface area contributed by atoms with Crippen LogP contribution in [0.15, 0.2) is 0 Å². The van der Waals surface area contributed by atoms with Gasteiger partial charge in [0.15, 0.2) is 0 Å². The standard InChI is InChI=1S/C9H19N/c1-4-10-7-9(2,3)8-5-6-8/h8,10H,4-7H2,1-3H3. The highest BCUT2D eigenvalue weighted by Gasteiger charge is 2.36. The molecule has 1 fully saturated rings. The van der Waals surface area contributed by atoms with Crippen molar-refractivity contribution < 1.29 is 0 Å². The molecule has 0 unspecified atom stereocenters. The molecule has 0 heterocycles. The third-order valence-corrected chi connectivity index (χ3v) is 2.51. The molecule has 0 aromatic heterocycles. The van der Waals surface area contributed by atoms with Gasteiger partial charge in [0.25, 0.3) is 0 Å². The molecular formula is C9H19N. The third-order valence-electron chi connectivity index (χ3n) is 2.51. The molecule has 0 aliphatic heterocycles. The van der Waals surface area contributed by atoms with E-state index in [-0.39, 0.29) is 0 Å². The second-order valence-electron chi connectivity index (χ2n) is 4.04. The zero-order valence-corrected chi connectivity index (χ0v) is 7.41. The average molecular weight is 141 g/mol. The molecule has 0 spiro atoms. The van der Waals surface area contributed by atoms with Crippen LogP contribution in [0.3, 0.4) is 0 Å². The van der Waals surface area contributed by atoms with Gasteiger partial charge in [-0.05, 0) is 30.7 Å². The highest BCUT2D eigenvalue weighted by atomic mass is 14.9. The van der Waals surface area contributed by atoms with Crippen molar-refractivity contribution in [2.45, 2.75) is 33.6 Å². The van der Waals surface area contributed by atoms with Crippen LogP contribution in [-0.2, 0) is 0 Å². The number of nitrogens with one attached hydrogen (secondary N) is 1. The summed E-state index contributed by atoms with van der Waals surface area (Å²) < 4.78 is 0. The molecule has 1 heteroatoms. The Labute approximate surface area is 64.2 Å². The van der Waals surface area contributed by atoms with E-state index in [9.17, 15) is 0 Å². The molecule has 1 saturated carbocycles. The first-order chi connectivity index (χ1) is 4.67. The summed E-state index contributed by atoms with van der Waals surface area (Å²) in [5, 5.41) is 3.41. The molecule has 1 aliphatic rings. The minimum absolute atomic E-state index is 0.552. The molecule has 0 saturated heterocycles. The van der Waals surface area contributed by atoms with Crippen LogP contribution in [0.1, 0.15) is 33.6 Å². The fourth-order valence-electron chi connectivity index (χ4n) is 1.46. The van der Waals surface area contributed by atoms with Gasteiger partial charge in [-0.2, -0.15) is 0 Å². The van der Waals surface area contributed by atoms with Gasteiger partial charge in [0.05, 0.1) is 0 Å². The van der Waals surface area contributed by atoms with Gasteiger partial charge < -0.3 is 5.32 Å². The molecule has 0 aromatic carbocycles. The van der Waals surface area contributed by atoms with E-state index in [4.69, 9.17) is 0 Å². The van der Waals surface area contributed by atoms with E-state index in [0.29, 0.717) is 5.41 Å². The van der Waals surface area contributed by atoms with Crippen molar-refractivity contribution in [3.63, 3.8) is 0 Å². The molecule has 0 bridgehead atoms. The molecule has 1 rings (SSSR count). The molecule has 1 nitrogen and oxygen atoms in total. The van der Waals surface area contributed by atoms with Crippen molar-refractivity contribution >= 4 is 0 Å². The summed E-state index contributed by atoms with van der Waals surface area (Å²) in [7, 11) is 0. The Balaban J connectivity index is 2.20. The Morgan fingerprint density at radius 3 is 2.40 bits per heavy atom. The Hall–Kier alpha value is -0.0400. The normalized spacial score (nSPS) is 19.5. The second-order valence-corrected chi connectivity index (χ2v) is 4.04. The van der Waals surface area contributed by atoms with Gasteiger partial charge in [0, 0.05) is 6.54 Å². The average Bonchev–Trinajstić information content (AvgIpc) is 2.64. The van der Waals surface area contributed by atoms with E-state index < -0.39 is 0 Å². The van der Waals surface area contributed by atoms with Crippen molar-refractivity contribution in [1.82, 2.24) is 5.32 Å². The van der Waals surface area contributed by atoms with Crippen molar-refractivity contribution in [3.05, 3.63) is 0 Å². The highest BCUT2D eigenvalue weighted by molar-refractivity contribution is 4.89. The van der Waals surface area contributed by atoms with Crippen LogP contribution in [0.2, 0.25) is 0 Å². The van der Waals surface area contributed by atoms with E-state index in [1.54, 1.807) is 0 Å². The van der Waals surface area contributed by atoms with E-state index in [1.807, 2.05) is 0 Å². The Morgan fingerprint density at radius 1 is 1.40 bits per heavy atom. The lowest BCUT2D eigenvalue weighted by Crippen LogP contribution is -2.30. The van der Waals surface area contributed by atoms with E-state index in [0.717, 1.165) is 12.5 Å². The second kappa shape index (κ2) is 2.91.